The number of carboxylic acids is 1. The molecule has 0 atom stereocenters. The number of thiocarbonyl (C=S) groups is 1. The van der Waals surface area contributed by atoms with Crippen molar-refractivity contribution in [3.8, 4) is 16.9 Å². The van der Waals surface area contributed by atoms with Crippen LogP contribution in [0.15, 0.2) is 41.3 Å². The van der Waals surface area contributed by atoms with E-state index >= 15 is 0 Å². The minimum absolute atomic E-state index is 0.0291. The molecule has 0 unspecified atom stereocenters. The van der Waals surface area contributed by atoms with Gasteiger partial charge in [0.05, 0.1) is 24.5 Å². The SMILES string of the molecule is O=C(O)CCN1C(=O)C(=Cc2cc(-c3cc(Cl)cc(Cl)c3)ccc2OCCN2CCOCC2)SC1=S. The highest BCUT2D eigenvalue weighted by atomic mass is 35.5. The molecule has 2 saturated heterocycles. The standard InChI is InChI=1S/C25H24Cl2N2O5S2/c26-19-12-17(13-20(27)15-19)16-1-2-21(34-10-7-28-5-8-33-9-6-28)18(11-16)14-22-24(32)29(25(35)36-22)4-3-23(30)31/h1-2,11-15H,3-10H2,(H,30,31). The number of hydrogen-bond donors (Lipinski definition) is 1. The molecule has 0 radical (unpaired) electrons. The zero-order valence-corrected chi connectivity index (χ0v) is 22.4. The summed E-state index contributed by atoms with van der Waals surface area (Å²) in [4.78, 5) is 27.9. The molecule has 2 fully saturated rings. The van der Waals surface area contributed by atoms with Crippen molar-refractivity contribution >= 4 is 69.5 Å². The third-order valence-corrected chi connectivity index (χ3v) is 7.50. The van der Waals surface area contributed by atoms with Crippen molar-refractivity contribution in [1.29, 1.82) is 0 Å². The molecule has 2 heterocycles. The number of hydrogen-bond acceptors (Lipinski definition) is 7. The van der Waals surface area contributed by atoms with E-state index in [4.69, 9.17) is 50.0 Å². The van der Waals surface area contributed by atoms with Gasteiger partial charge in [-0.1, -0.05) is 53.2 Å². The summed E-state index contributed by atoms with van der Waals surface area (Å²) in [6.45, 7) is 4.42. The van der Waals surface area contributed by atoms with Crippen molar-refractivity contribution in [3.63, 3.8) is 0 Å². The molecule has 4 rings (SSSR count). The van der Waals surface area contributed by atoms with E-state index in [0.29, 0.717) is 50.4 Å². The maximum absolute atomic E-state index is 13.0. The molecule has 2 aromatic carbocycles. The Balaban J connectivity index is 1.61. The van der Waals surface area contributed by atoms with Crippen LogP contribution < -0.4 is 4.74 Å². The molecule has 7 nitrogen and oxygen atoms in total. The van der Waals surface area contributed by atoms with Gasteiger partial charge < -0.3 is 14.6 Å². The lowest BCUT2D eigenvalue weighted by Crippen LogP contribution is -2.38. The van der Waals surface area contributed by atoms with Crippen LogP contribution in [-0.4, -0.2) is 77.1 Å². The van der Waals surface area contributed by atoms with Crippen LogP contribution in [0.4, 0.5) is 0 Å². The lowest BCUT2D eigenvalue weighted by molar-refractivity contribution is -0.137. The summed E-state index contributed by atoms with van der Waals surface area (Å²) < 4.78 is 11.9. The highest BCUT2D eigenvalue weighted by Crippen LogP contribution is 2.36. The third-order valence-electron chi connectivity index (χ3n) is 5.68. The van der Waals surface area contributed by atoms with Crippen LogP contribution in [0.5, 0.6) is 5.75 Å². The lowest BCUT2D eigenvalue weighted by atomic mass is 10.0. The fourth-order valence-electron chi connectivity index (χ4n) is 3.84. The van der Waals surface area contributed by atoms with Crippen LogP contribution in [0.25, 0.3) is 17.2 Å². The van der Waals surface area contributed by atoms with Gasteiger partial charge in [-0.05, 0) is 47.5 Å². The molecule has 11 heteroatoms. The van der Waals surface area contributed by atoms with Crippen LogP contribution in [0.2, 0.25) is 10.0 Å². The Morgan fingerprint density at radius 3 is 2.53 bits per heavy atom. The summed E-state index contributed by atoms with van der Waals surface area (Å²) >= 11 is 18.9. The smallest absolute Gasteiger partial charge is 0.305 e. The third kappa shape index (κ3) is 7.00. The zero-order chi connectivity index (χ0) is 25.7. The molecule has 1 N–H and O–H groups in total. The fourth-order valence-corrected chi connectivity index (χ4v) is 5.67. The van der Waals surface area contributed by atoms with Gasteiger partial charge in [0.2, 0.25) is 0 Å². The number of amides is 1. The van der Waals surface area contributed by atoms with Gasteiger partial charge in [-0.3, -0.25) is 19.4 Å². The molecule has 0 saturated carbocycles. The number of halogens is 2. The number of carboxylic acid groups (broad SMARTS) is 1. The summed E-state index contributed by atoms with van der Waals surface area (Å²) in [7, 11) is 0. The van der Waals surface area contributed by atoms with Gasteiger partial charge in [-0.2, -0.15) is 0 Å². The van der Waals surface area contributed by atoms with Gasteiger partial charge >= 0.3 is 5.97 Å². The largest absolute Gasteiger partial charge is 0.492 e. The number of nitrogens with zero attached hydrogens (tertiary/aromatic N) is 2. The van der Waals surface area contributed by atoms with Crippen LogP contribution in [0.3, 0.4) is 0 Å². The Labute approximate surface area is 228 Å². The maximum atomic E-state index is 13.0. The van der Waals surface area contributed by atoms with Gasteiger partial charge in [0.15, 0.2) is 0 Å². The van der Waals surface area contributed by atoms with Crippen molar-refractivity contribution in [2.45, 2.75) is 6.42 Å². The highest BCUT2D eigenvalue weighted by Gasteiger charge is 2.32. The maximum Gasteiger partial charge on any atom is 0.305 e. The fraction of sp³-hybridized carbons (Fsp3) is 0.320. The molecule has 0 bridgehead atoms. The van der Waals surface area contributed by atoms with E-state index < -0.39 is 5.97 Å². The number of carbonyl (C=O) groups excluding carboxylic acids is 1. The lowest BCUT2D eigenvalue weighted by Gasteiger charge is -2.26. The number of thioether (sulfide) groups is 1. The van der Waals surface area contributed by atoms with Gasteiger partial charge in [0, 0.05) is 41.8 Å². The van der Waals surface area contributed by atoms with E-state index in [0.717, 1.165) is 42.5 Å². The first-order valence-electron chi connectivity index (χ1n) is 11.3. The first-order chi connectivity index (χ1) is 17.3. The zero-order valence-electron chi connectivity index (χ0n) is 19.2. The predicted octanol–water partition coefficient (Wildman–Crippen LogP) is 5.05. The van der Waals surface area contributed by atoms with E-state index in [1.165, 1.54) is 4.90 Å². The van der Waals surface area contributed by atoms with E-state index in [1.807, 2.05) is 30.3 Å². The van der Waals surface area contributed by atoms with Crippen molar-refractivity contribution < 1.29 is 24.2 Å². The van der Waals surface area contributed by atoms with Gasteiger partial charge in [-0.25, -0.2) is 0 Å². The summed E-state index contributed by atoms with van der Waals surface area (Å²) in [5.41, 5.74) is 2.38. The number of carbonyl (C=O) groups is 2. The summed E-state index contributed by atoms with van der Waals surface area (Å²) in [5.74, 6) is -0.686. The predicted molar refractivity (Wildman–Crippen MR) is 147 cm³/mol. The van der Waals surface area contributed by atoms with Crippen LogP contribution >= 0.6 is 47.2 Å². The average Bonchev–Trinajstić information content (AvgIpc) is 3.10. The Morgan fingerprint density at radius 1 is 1.11 bits per heavy atom. The summed E-state index contributed by atoms with van der Waals surface area (Å²) in [5, 5.41) is 10.0. The first kappa shape index (κ1) is 26.9. The second-order valence-electron chi connectivity index (χ2n) is 8.19. The number of aliphatic carboxylic acids is 1. The van der Waals surface area contributed by atoms with E-state index in [9.17, 15) is 9.59 Å². The monoisotopic (exact) mass is 566 g/mol. The molecule has 36 heavy (non-hydrogen) atoms. The van der Waals surface area contributed by atoms with Crippen LogP contribution in [0.1, 0.15) is 12.0 Å². The Morgan fingerprint density at radius 2 is 1.83 bits per heavy atom. The van der Waals surface area contributed by atoms with Crippen molar-refractivity contribution in [2.75, 3.05) is 46.0 Å². The number of benzene rings is 2. The molecular weight excluding hydrogens is 543 g/mol. The first-order valence-corrected chi connectivity index (χ1v) is 13.3. The van der Waals surface area contributed by atoms with E-state index in [2.05, 4.69) is 4.90 Å². The molecule has 0 aliphatic carbocycles. The van der Waals surface area contributed by atoms with Gasteiger partial charge in [0.25, 0.3) is 5.91 Å². The molecule has 2 aliphatic rings. The van der Waals surface area contributed by atoms with E-state index in [1.54, 1.807) is 12.1 Å². The topological polar surface area (TPSA) is 79.3 Å². The Hall–Kier alpha value is -2.14. The average molecular weight is 568 g/mol. The van der Waals surface area contributed by atoms with Crippen molar-refractivity contribution in [3.05, 3.63) is 56.9 Å². The summed E-state index contributed by atoms with van der Waals surface area (Å²) in [6, 6.07) is 11.0. The van der Waals surface area contributed by atoms with Gasteiger partial charge in [-0.15, -0.1) is 0 Å². The van der Waals surface area contributed by atoms with Gasteiger partial charge in [0.1, 0.15) is 16.7 Å². The van der Waals surface area contributed by atoms with E-state index in [-0.39, 0.29) is 18.9 Å². The molecule has 1 amide bonds. The minimum Gasteiger partial charge on any atom is -0.492 e. The van der Waals surface area contributed by atoms with Crippen LogP contribution in [0, 0.1) is 0 Å². The highest BCUT2D eigenvalue weighted by molar-refractivity contribution is 8.26. The molecular formula is C25H24Cl2N2O5S2. The molecule has 0 spiro atoms. The molecule has 2 aromatic rings. The minimum atomic E-state index is -0.989. The summed E-state index contributed by atoms with van der Waals surface area (Å²) in [6.07, 6.45) is 1.56. The Kier molecular flexibility index (Phi) is 9.27. The van der Waals surface area contributed by atoms with Crippen LogP contribution in [-0.2, 0) is 14.3 Å². The second kappa shape index (κ2) is 12.4. The number of rotatable bonds is 9. The van der Waals surface area contributed by atoms with Crippen molar-refractivity contribution in [1.82, 2.24) is 9.80 Å². The Bertz CT molecular complexity index is 1180. The number of ether oxygens (including phenoxy) is 2. The molecule has 2 aliphatic heterocycles. The quantitative estimate of drug-likeness (QED) is 0.334. The molecule has 0 aromatic heterocycles. The molecule has 190 valence electrons. The normalized spacial score (nSPS) is 17.7. The number of morpholine rings is 1. The van der Waals surface area contributed by atoms with Crippen molar-refractivity contribution in [2.24, 2.45) is 0 Å². The second-order valence-corrected chi connectivity index (χ2v) is 10.7.